The van der Waals surface area contributed by atoms with Gasteiger partial charge in [0.1, 0.15) is 11.5 Å². The summed E-state index contributed by atoms with van der Waals surface area (Å²) in [6.45, 7) is 4.11. The van der Waals surface area contributed by atoms with Crippen molar-refractivity contribution in [1.29, 1.82) is 0 Å². The van der Waals surface area contributed by atoms with Crippen LogP contribution < -0.4 is 9.47 Å². The van der Waals surface area contributed by atoms with Crippen LogP contribution in [-0.2, 0) is 0 Å². The van der Waals surface area contributed by atoms with Crippen LogP contribution in [0.3, 0.4) is 0 Å². The van der Waals surface area contributed by atoms with Gasteiger partial charge < -0.3 is 9.47 Å². The number of hydrogen-bond acceptors (Lipinski definition) is 4. The van der Waals surface area contributed by atoms with Crippen molar-refractivity contribution in [3.8, 4) is 44.9 Å². The first kappa shape index (κ1) is 32.4. The second-order valence-electron chi connectivity index (χ2n) is 13.0. The highest BCUT2D eigenvalue weighted by Gasteiger charge is 2.23. The average Bonchev–Trinajstić information content (AvgIpc) is 3.19. The molecule has 0 heterocycles. The van der Waals surface area contributed by atoms with Crippen molar-refractivity contribution in [2.45, 2.75) is 13.8 Å². The van der Waals surface area contributed by atoms with Crippen LogP contribution >= 0.6 is 0 Å². The molecule has 8 aromatic rings. The fourth-order valence-electron chi connectivity index (χ4n) is 6.60. The first-order valence-electron chi connectivity index (χ1n) is 17.2. The summed E-state index contributed by atoms with van der Waals surface area (Å²) in [5, 5.41) is 3.63. The summed E-state index contributed by atoms with van der Waals surface area (Å²) in [7, 11) is 0. The zero-order valence-corrected chi connectivity index (χ0v) is 28.8. The van der Waals surface area contributed by atoms with Gasteiger partial charge in [-0.25, -0.2) is 9.59 Å². The number of aryl methyl sites for hydroxylation is 2. The molecule has 0 unspecified atom stereocenters. The average molecular weight is 675 g/mol. The summed E-state index contributed by atoms with van der Waals surface area (Å²) in [6, 6.07) is 54.8. The molecule has 0 aliphatic rings. The molecule has 52 heavy (non-hydrogen) atoms. The van der Waals surface area contributed by atoms with Crippen molar-refractivity contribution < 1.29 is 19.1 Å². The van der Waals surface area contributed by atoms with Gasteiger partial charge in [-0.15, -0.1) is 0 Å². The Morgan fingerprint density at radius 1 is 0.365 bits per heavy atom. The second kappa shape index (κ2) is 13.9. The molecule has 4 heteroatoms. The lowest BCUT2D eigenvalue weighted by molar-refractivity contribution is 0.0723. The molecule has 0 saturated carbocycles. The number of hydrogen-bond donors (Lipinski definition) is 0. The van der Waals surface area contributed by atoms with E-state index in [1.807, 2.05) is 97.1 Å². The van der Waals surface area contributed by atoms with Crippen molar-refractivity contribution in [3.05, 3.63) is 192 Å². The summed E-state index contributed by atoms with van der Waals surface area (Å²) in [5.41, 5.74) is 8.71. The van der Waals surface area contributed by atoms with Crippen LogP contribution in [0.5, 0.6) is 11.5 Å². The van der Waals surface area contributed by atoms with Crippen LogP contribution in [0.15, 0.2) is 170 Å². The van der Waals surface area contributed by atoms with Crippen molar-refractivity contribution in [2.75, 3.05) is 0 Å². The molecule has 0 fully saturated rings. The van der Waals surface area contributed by atoms with Gasteiger partial charge in [-0.05, 0) is 94.0 Å². The van der Waals surface area contributed by atoms with Gasteiger partial charge in [-0.2, -0.15) is 0 Å². The maximum absolute atomic E-state index is 13.8. The number of ether oxygens (including phenoxy) is 2. The maximum Gasteiger partial charge on any atom is 0.343 e. The van der Waals surface area contributed by atoms with E-state index >= 15 is 0 Å². The van der Waals surface area contributed by atoms with Crippen LogP contribution in [0, 0.1) is 13.8 Å². The normalized spacial score (nSPS) is 11.0. The van der Waals surface area contributed by atoms with E-state index < -0.39 is 11.9 Å². The molecule has 0 amide bonds. The van der Waals surface area contributed by atoms with E-state index in [2.05, 4.69) is 62.4 Å². The third-order valence-electron chi connectivity index (χ3n) is 9.45. The molecule has 0 aliphatic carbocycles. The maximum atomic E-state index is 13.8. The molecule has 0 aliphatic heterocycles. The zero-order valence-electron chi connectivity index (χ0n) is 28.8. The summed E-state index contributed by atoms with van der Waals surface area (Å²) in [5.74, 6) is -0.247. The van der Waals surface area contributed by atoms with E-state index in [1.54, 1.807) is 24.3 Å². The Labute approximate surface area is 302 Å². The number of carbonyl (C=O) groups excluding carboxylic acids is 2. The fraction of sp³-hybridized carbons (Fsp3) is 0.0417. The third-order valence-corrected chi connectivity index (χ3v) is 9.45. The smallest absolute Gasteiger partial charge is 0.343 e. The first-order chi connectivity index (χ1) is 25.4. The minimum Gasteiger partial charge on any atom is -0.422 e. The minimum absolute atomic E-state index is 0.363. The quantitative estimate of drug-likeness (QED) is 0.125. The molecule has 8 rings (SSSR count). The highest BCUT2D eigenvalue weighted by atomic mass is 16.5. The summed E-state index contributed by atoms with van der Waals surface area (Å²) in [6.07, 6.45) is 0. The molecule has 0 aromatic heterocycles. The lowest BCUT2D eigenvalue weighted by Crippen LogP contribution is -2.11. The standard InChI is InChI=1S/C48H34O4/c1-31-11-15-33(16-12-31)35-19-23-39(24-20-35)47(49)51-43-29-27-37-7-3-5-9-41(37)45(43)46-42-10-6-4-8-38(42)28-30-44(46)52-48(50)40-25-21-36(22-26-40)34-17-13-32(2)14-18-34/h3-30H,1-2H3. The SMILES string of the molecule is Cc1ccc(-c2ccc(C(=O)Oc3ccc4ccccc4c3-c3c(OC(=O)c4ccc(-c5ccc(C)cc5)cc4)ccc4ccccc34)cc2)cc1. The molecule has 0 N–H and O–H groups in total. The van der Waals surface area contributed by atoms with Crippen molar-refractivity contribution in [3.63, 3.8) is 0 Å². The monoisotopic (exact) mass is 674 g/mol. The molecule has 250 valence electrons. The largest absolute Gasteiger partial charge is 0.422 e. The van der Waals surface area contributed by atoms with E-state index in [1.165, 1.54) is 11.1 Å². The minimum atomic E-state index is -0.487. The third kappa shape index (κ3) is 6.46. The van der Waals surface area contributed by atoms with Gasteiger partial charge in [0.2, 0.25) is 0 Å². The van der Waals surface area contributed by atoms with Gasteiger partial charge in [0.05, 0.1) is 11.1 Å². The molecule has 0 atom stereocenters. The Hall–Kier alpha value is -6.78. The number of rotatable bonds is 7. The van der Waals surface area contributed by atoms with Crippen LogP contribution in [-0.4, -0.2) is 11.9 Å². The molecule has 8 aromatic carbocycles. The predicted octanol–water partition coefficient (Wildman–Crippen LogP) is 12.0. The lowest BCUT2D eigenvalue weighted by Gasteiger charge is -2.19. The van der Waals surface area contributed by atoms with E-state index in [-0.39, 0.29) is 0 Å². The first-order valence-corrected chi connectivity index (χ1v) is 17.2. The lowest BCUT2D eigenvalue weighted by atomic mass is 9.92. The molecule has 4 nitrogen and oxygen atoms in total. The van der Waals surface area contributed by atoms with Crippen molar-refractivity contribution in [2.24, 2.45) is 0 Å². The van der Waals surface area contributed by atoms with Gasteiger partial charge in [-0.1, -0.05) is 145 Å². The van der Waals surface area contributed by atoms with Gasteiger partial charge in [-0.3, -0.25) is 0 Å². The van der Waals surface area contributed by atoms with Gasteiger partial charge in [0.25, 0.3) is 0 Å². The van der Waals surface area contributed by atoms with E-state index in [4.69, 9.17) is 9.47 Å². The van der Waals surface area contributed by atoms with E-state index in [0.29, 0.717) is 33.8 Å². The number of esters is 2. The highest BCUT2D eigenvalue weighted by Crippen LogP contribution is 2.46. The molecular weight excluding hydrogens is 641 g/mol. The van der Waals surface area contributed by atoms with Crippen LogP contribution in [0.25, 0.3) is 54.9 Å². The van der Waals surface area contributed by atoms with E-state index in [9.17, 15) is 9.59 Å². The Morgan fingerprint density at radius 2 is 0.692 bits per heavy atom. The van der Waals surface area contributed by atoms with Crippen LogP contribution in [0.2, 0.25) is 0 Å². The van der Waals surface area contributed by atoms with Crippen molar-refractivity contribution in [1.82, 2.24) is 0 Å². The van der Waals surface area contributed by atoms with Crippen LogP contribution in [0.4, 0.5) is 0 Å². The van der Waals surface area contributed by atoms with Crippen molar-refractivity contribution >= 4 is 33.5 Å². The van der Waals surface area contributed by atoms with Gasteiger partial charge in [0.15, 0.2) is 0 Å². The van der Waals surface area contributed by atoms with Gasteiger partial charge >= 0.3 is 11.9 Å². The molecule has 0 spiro atoms. The summed E-state index contributed by atoms with van der Waals surface area (Å²) in [4.78, 5) is 27.6. The Kier molecular flexibility index (Phi) is 8.64. The van der Waals surface area contributed by atoms with E-state index in [0.717, 1.165) is 43.8 Å². The summed E-state index contributed by atoms with van der Waals surface area (Å²) < 4.78 is 12.5. The van der Waals surface area contributed by atoms with Gasteiger partial charge in [0, 0.05) is 11.1 Å². The highest BCUT2D eigenvalue weighted by molar-refractivity contribution is 6.11. The number of benzene rings is 8. The Bertz CT molecular complexity index is 2400. The summed E-state index contributed by atoms with van der Waals surface area (Å²) >= 11 is 0. The molecule has 0 saturated heterocycles. The Balaban J connectivity index is 1.18. The number of carbonyl (C=O) groups is 2. The molecule has 0 bridgehead atoms. The van der Waals surface area contributed by atoms with Crippen LogP contribution in [0.1, 0.15) is 31.8 Å². The second-order valence-corrected chi connectivity index (χ2v) is 13.0. The molecule has 0 radical (unpaired) electrons. The molecular formula is C48H34O4. The predicted molar refractivity (Wildman–Crippen MR) is 210 cm³/mol. The number of fused-ring (bicyclic) bond motifs is 2. The zero-order chi connectivity index (χ0) is 35.6. The topological polar surface area (TPSA) is 52.6 Å². The fourth-order valence-corrected chi connectivity index (χ4v) is 6.60. The Morgan fingerprint density at radius 3 is 1.06 bits per heavy atom.